The Balaban J connectivity index is 2.03. The van der Waals surface area contributed by atoms with E-state index in [0.717, 1.165) is 13.1 Å². The Hall–Kier alpha value is -0.820. The fourth-order valence-corrected chi connectivity index (χ4v) is 5.90. The van der Waals surface area contributed by atoms with E-state index in [9.17, 15) is 0 Å². The predicted octanol–water partition coefficient (Wildman–Crippen LogP) is 5.80. The standard InChI is InChI=1S/C22H35N/c1-6-23-15-19-13-17(4)20-14-18(16(2)3)9-12-21(20,5)22(19)10-7-8-11-22/h13,18,23H,2,6-12,14-15H2,1,3-5H3. The molecule has 0 aromatic carbocycles. The van der Waals surface area contributed by atoms with Crippen LogP contribution >= 0.6 is 0 Å². The Morgan fingerprint density at radius 2 is 2.00 bits per heavy atom. The molecule has 23 heavy (non-hydrogen) atoms. The van der Waals surface area contributed by atoms with Gasteiger partial charge in [-0.2, -0.15) is 0 Å². The van der Waals surface area contributed by atoms with Crippen molar-refractivity contribution in [1.29, 1.82) is 0 Å². The average Bonchev–Trinajstić information content (AvgIpc) is 3.01. The predicted molar refractivity (Wildman–Crippen MR) is 100 cm³/mol. The third-order valence-corrected chi connectivity index (χ3v) is 7.37. The summed E-state index contributed by atoms with van der Waals surface area (Å²) < 4.78 is 0. The molecule has 1 heteroatoms. The highest BCUT2D eigenvalue weighted by molar-refractivity contribution is 5.45. The van der Waals surface area contributed by atoms with Crippen molar-refractivity contribution < 1.29 is 0 Å². The van der Waals surface area contributed by atoms with Crippen LogP contribution in [-0.4, -0.2) is 13.1 Å². The molecule has 0 aromatic rings. The third kappa shape index (κ3) is 2.56. The minimum absolute atomic E-state index is 0.388. The summed E-state index contributed by atoms with van der Waals surface area (Å²) in [5.41, 5.74) is 7.23. The number of hydrogen-bond acceptors (Lipinski definition) is 1. The van der Waals surface area contributed by atoms with Gasteiger partial charge in [-0.1, -0.05) is 56.1 Å². The lowest BCUT2D eigenvalue weighted by molar-refractivity contribution is 0.0841. The Kier molecular flexibility index (Phi) is 4.62. The molecule has 0 bridgehead atoms. The topological polar surface area (TPSA) is 12.0 Å². The maximum absolute atomic E-state index is 4.26. The summed E-state index contributed by atoms with van der Waals surface area (Å²) in [5, 5.41) is 3.62. The van der Waals surface area contributed by atoms with Crippen LogP contribution < -0.4 is 5.32 Å². The zero-order valence-electron chi connectivity index (χ0n) is 15.7. The minimum atomic E-state index is 0.388. The van der Waals surface area contributed by atoms with E-state index in [-0.39, 0.29) is 0 Å². The van der Waals surface area contributed by atoms with Gasteiger partial charge in [0, 0.05) is 12.0 Å². The summed E-state index contributed by atoms with van der Waals surface area (Å²) in [6.45, 7) is 15.8. The van der Waals surface area contributed by atoms with Crippen LogP contribution in [0.4, 0.5) is 0 Å². The average molecular weight is 314 g/mol. The molecule has 0 aliphatic heterocycles. The number of likely N-dealkylation sites (N-methyl/N-ethyl adjacent to an activating group) is 1. The Bertz CT molecular complexity index is 544. The van der Waals surface area contributed by atoms with Crippen molar-refractivity contribution in [3.05, 3.63) is 34.9 Å². The van der Waals surface area contributed by atoms with Gasteiger partial charge in [0.25, 0.3) is 0 Å². The highest BCUT2D eigenvalue weighted by Gasteiger charge is 2.56. The van der Waals surface area contributed by atoms with E-state index >= 15 is 0 Å². The second-order valence-electron chi connectivity index (χ2n) is 8.52. The number of nitrogens with one attached hydrogen (secondary N) is 1. The van der Waals surface area contributed by atoms with Gasteiger partial charge in [0.1, 0.15) is 0 Å². The van der Waals surface area contributed by atoms with Crippen molar-refractivity contribution in [2.45, 2.75) is 72.6 Å². The van der Waals surface area contributed by atoms with Crippen molar-refractivity contribution in [3.8, 4) is 0 Å². The van der Waals surface area contributed by atoms with Gasteiger partial charge in [0.15, 0.2) is 0 Å². The van der Waals surface area contributed by atoms with Crippen LogP contribution in [0.5, 0.6) is 0 Å². The van der Waals surface area contributed by atoms with E-state index in [1.807, 2.05) is 0 Å². The molecular weight excluding hydrogens is 278 g/mol. The molecule has 1 nitrogen and oxygen atoms in total. The summed E-state index contributed by atoms with van der Waals surface area (Å²) in [5.74, 6) is 0.704. The van der Waals surface area contributed by atoms with Gasteiger partial charge < -0.3 is 5.32 Å². The molecule has 2 unspecified atom stereocenters. The first-order chi connectivity index (χ1) is 10.9. The van der Waals surface area contributed by atoms with Gasteiger partial charge in [0.2, 0.25) is 0 Å². The first kappa shape index (κ1) is 17.0. The van der Waals surface area contributed by atoms with Crippen LogP contribution in [0, 0.1) is 16.7 Å². The molecule has 0 saturated heterocycles. The number of fused-ring (bicyclic) bond motifs is 2. The minimum Gasteiger partial charge on any atom is -0.313 e. The molecule has 3 rings (SSSR count). The fourth-order valence-electron chi connectivity index (χ4n) is 5.90. The van der Waals surface area contributed by atoms with E-state index in [2.05, 4.69) is 45.7 Å². The molecule has 0 amide bonds. The van der Waals surface area contributed by atoms with E-state index in [1.54, 1.807) is 16.7 Å². The zero-order chi connectivity index (χ0) is 16.7. The van der Waals surface area contributed by atoms with Crippen LogP contribution in [-0.2, 0) is 0 Å². The maximum atomic E-state index is 4.26. The highest BCUT2D eigenvalue weighted by Crippen LogP contribution is 2.66. The van der Waals surface area contributed by atoms with Crippen molar-refractivity contribution >= 4 is 0 Å². The van der Waals surface area contributed by atoms with Gasteiger partial charge >= 0.3 is 0 Å². The van der Waals surface area contributed by atoms with Crippen molar-refractivity contribution in [2.24, 2.45) is 16.7 Å². The maximum Gasteiger partial charge on any atom is 0.0173 e. The smallest absolute Gasteiger partial charge is 0.0173 e. The molecule has 128 valence electrons. The molecule has 3 aliphatic rings. The molecule has 1 N–H and O–H groups in total. The summed E-state index contributed by atoms with van der Waals surface area (Å²) in [7, 11) is 0. The third-order valence-electron chi connectivity index (χ3n) is 7.37. The first-order valence-electron chi connectivity index (χ1n) is 9.72. The van der Waals surface area contributed by atoms with Gasteiger partial charge in [-0.05, 0) is 69.4 Å². The van der Waals surface area contributed by atoms with E-state index in [1.165, 1.54) is 50.5 Å². The lowest BCUT2D eigenvalue weighted by Gasteiger charge is -2.56. The molecule has 3 aliphatic carbocycles. The van der Waals surface area contributed by atoms with Gasteiger partial charge in [-0.3, -0.25) is 0 Å². The van der Waals surface area contributed by atoms with Crippen LogP contribution in [0.25, 0.3) is 0 Å². The second kappa shape index (κ2) is 6.24. The summed E-state index contributed by atoms with van der Waals surface area (Å²) in [6, 6.07) is 0. The van der Waals surface area contributed by atoms with Crippen molar-refractivity contribution in [1.82, 2.24) is 5.32 Å². The Morgan fingerprint density at radius 3 is 2.61 bits per heavy atom. The number of allylic oxidation sites excluding steroid dienone is 4. The Labute approximate surface area is 143 Å². The lowest BCUT2D eigenvalue weighted by Crippen LogP contribution is -2.48. The molecular formula is C22H35N. The van der Waals surface area contributed by atoms with E-state index < -0.39 is 0 Å². The van der Waals surface area contributed by atoms with Gasteiger partial charge in [-0.25, -0.2) is 0 Å². The van der Waals surface area contributed by atoms with Crippen LogP contribution in [0.2, 0.25) is 0 Å². The van der Waals surface area contributed by atoms with Crippen LogP contribution in [0.15, 0.2) is 34.9 Å². The zero-order valence-corrected chi connectivity index (χ0v) is 15.7. The Morgan fingerprint density at radius 1 is 1.30 bits per heavy atom. The largest absolute Gasteiger partial charge is 0.313 e. The fraction of sp³-hybridized carbons (Fsp3) is 0.727. The van der Waals surface area contributed by atoms with Crippen molar-refractivity contribution in [2.75, 3.05) is 13.1 Å². The lowest BCUT2D eigenvalue weighted by atomic mass is 9.48. The molecule has 0 aromatic heterocycles. The second-order valence-corrected chi connectivity index (χ2v) is 8.52. The van der Waals surface area contributed by atoms with E-state index in [0.29, 0.717) is 16.7 Å². The molecule has 2 atom stereocenters. The van der Waals surface area contributed by atoms with Crippen molar-refractivity contribution in [3.63, 3.8) is 0 Å². The number of hydrogen-bond donors (Lipinski definition) is 1. The molecule has 2 fully saturated rings. The summed E-state index contributed by atoms with van der Waals surface area (Å²) >= 11 is 0. The quantitative estimate of drug-likeness (QED) is 0.647. The highest BCUT2D eigenvalue weighted by atomic mass is 14.9. The normalized spacial score (nSPS) is 32.9. The molecule has 0 heterocycles. The monoisotopic (exact) mass is 313 g/mol. The van der Waals surface area contributed by atoms with Crippen LogP contribution in [0.3, 0.4) is 0 Å². The summed E-state index contributed by atoms with van der Waals surface area (Å²) in [6.07, 6.45) is 12.1. The molecule has 2 saturated carbocycles. The van der Waals surface area contributed by atoms with Gasteiger partial charge in [0.05, 0.1) is 0 Å². The summed E-state index contributed by atoms with van der Waals surface area (Å²) in [4.78, 5) is 0. The SMILES string of the molecule is C=C(C)C1CCC2(C)C(=C(C)C=C(CNCC)C23CCCC3)C1. The van der Waals surface area contributed by atoms with E-state index in [4.69, 9.17) is 0 Å². The first-order valence-corrected chi connectivity index (χ1v) is 9.72. The number of rotatable bonds is 4. The van der Waals surface area contributed by atoms with Gasteiger partial charge in [-0.15, -0.1) is 0 Å². The molecule has 1 spiro atoms. The molecule has 0 radical (unpaired) electrons. The van der Waals surface area contributed by atoms with Crippen LogP contribution in [0.1, 0.15) is 72.6 Å².